The predicted molar refractivity (Wildman–Crippen MR) is 70.6 cm³/mol. The molecule has 0 amide bonds. The maximum Gasteiger partial charge on any atom is 0.163 e. The molecule has 1 aromatic carbocycles. The van der Waals surface area contributed by atoms with Crippen LogP contribution in [0.15, 0.2) is 30.3 Å². The monoisotopic (exact) mass is 270 g/mol. The largest absolute Gasteiger partial charge is 0.374 e. The SMILES string of the molecule is CC1(C)O[C@@H](CCl)[C@H](COCc2ccccc2)O1. The van der Waals surface area contributed by atoms with Gasteiger partial charge in [-0.1, -0.05) is 30.3 Å². The van der Waals surface area contributed by atoms with Crippen molar-refractivity contribution in [2.24, 2.45) is 0 Å². The fraction of sp³-hybridized carbons (Fsp3) is 0.571. The first-order valence-electron chi connectivity index (χ1n) is 6.14. The highest BCUT2D eigenvalue weighted by Crippen LogP contribution is 2.29. The zero-order valence-electron chi connectivity index (χ0n) is 10.8. The molecule has 0 radical (unpaired) electrons. The Kier molecular flexibility index (Phi) is 4.62. The summed E-state index contributed by atoms with van der Waals surface area (Å²) in [6.07, 6.45) is -0.196. The van der Waals surface area contributed by atoms with Crippen LogP contribution in [0.4, 0.5) is 0 Å². The molecule has 0 aromatic heterocycles. The van der Waals surface area contributed by atoms with Crippen LogP contribution in [0, 0.1) is 0 Å². The second kappa shape index (κ2) is 6.02. The van der Waals surface area contributed by atoms with Crippen LogP contribution in [0.25, 0.3) is 0 Å². The lowest BCUT2D eigenvalue weighted by molar-refractivity contribution is -0.150. The molecule has 0 aliphatic carbocycles. The van der Waals surface area contributed by atoms with E-state index >= 15 is 0 Å². The first-order valence-corrected chi connectivity index (χ1v) is 6.67. The van der Waals surface area contributed by atoms with Gasteiger partial charge in [-0.2, -0.15) is 0 Å². The minimum Gasteiger partial charge on any atom is -0.374 e. The van der Waals surface area contributed by atoms with Crippen molar-refractivity contribution in [2.45, 2.75) is 38.4 Å². The number of halogens is 1. The van der Waals surface area contributed by atoms with Gasteiger partial charge in [-0.05, 0) is 19.4 Å². The molecule has 2 rings (SSSR count). The van der Waals surface area contributed by atoms with Crippen molar-refractivity contribution in [1.29, 1.82) is 0 Å². The molecule has 0 N–H and O–H groups in total. The molecule has 100 valence electrons. The van der Waals surface area contributed by atoms with Gasteiger partial charge in [0.05, 0.1) is 19.1 Å². The van der Waals surface area contributed by atoms with Crippen LogP contribution >= 0.6 is 11.6 Å². The Balaban J connectivity index is 1.80. The zero-order valence-corrected chi connectivity index (χ0v) is 11.5. The quantitative estimate of drug-likeness (QED) is 0.770. The summed E-state index contributed by atoms with van der Waals surface area (Å²) < 4.78 is 17.1. The van der Waals surface area contributed by atoms with E-state index in [1.807, 2.05) is 44.2 Å². The van der Waals surface area contributed by atoms with Gasteiger partial charge in [-0.15, -0.1) is 11.6 Å². The maximum atomic E-state index is 5.87. The molecular formula is C14H19ClO3. The van der Waals surface area contributed by atoms with Gasteiger partial charge >= 0.3 is 0 Å². The van der Waals surface area contributed by atoms with E-state index in [4.69, 9.17) is 25.8 Å². The molecule has 0 unspecified atom stereocenters. The van der Waals surface area contributed by atoms with Gasteiger partial charge in [0, 0.05) is 0 Å². The molecule has 2 atom stereocenters. The van der Waals surface area contributed by atoms with Crippen LogP contribution in [0.1, 0.15) is 19.4 Å². The fourth-order valence-corrected chi connectivity index (χ4v) is 2.31. The van der Waals surface area contributed by atoms with E-state index in [9.17, 15) is 0 Å². The third-order valence-corrected chi connectivity index (χ3v) is 3.13. The molecule has 0 saturated carbocycles. The molecule has 18 heavy (non-hydrogen) atoms. The second-order valence-corrected chi connectivity index (χ2v) is 5.18. The highest BCUT2D eigenvalue weighted by Gasteiger charge is 2.40. The Morgan fingerprint density at radius 1 is 1.17 bits per heavy atom. The van der Waals surface area contributed by atoms with Gasteiger partial charge in [0.1, 0.15) is 12.2 Å². The number of alkyl halides is 1. The molecule has 4 heteroatoms. The minimum absolute atomic E-state index is 0.0961. The van der Waals surface area contributed by atoms with Crippen LogP contribution in [0.5, 0.6) is 0 Å². The van der Waals surface area contributed by atoms with E-state index in [-0.39, 0.29) is 12.2 Å². The summed E-state index contributed by atoms with van der Waals surface area (Å²) in [5.41, 5.74) is 1.15. The average Bonchev–Trinajstić information content (AvgIpc) is 2.65. The van der Waals surface area contributed by atoms with E-state index in [2.05, 4.69) is 0 Å². The van der Waals surface area contributed by atoms with Crippen molar-refractivity contribution >= 4 is 11.6 Å². The summed E-state index contributed by atoms with van der Waals surface area (Å²) in [5.74, 6) is -0.150. The summed E-state index contributed by atoms with van der Waals surface area (Å²) in [5, 5.41) is 0. The number of ether oxygens (including phenoxy) is 3. The van der Waals surface area contributed by atoms with Crippen molar-refractivity contribution in [1.82, 2.24) is 0 Å². The Morgan fingerprint density at radius 3 is 2.50 bits per heavy atom. The molecule has 1 fully saturated rings. The summed E-state index contributed by atoms with van der Waals surface area (Å²) in [7, 11) is 0. The standard InChI is InChI=1S/C14H19ClO3/c1-14(2)17-12(8-15)13(18-14)10-16-9-11-6-4-3-5-7-11/h3-7,12-13H,8-10H2,1-2H3/t12-,13-/m0/s1. The molecule has 1 aliphatic heterocycles. The molecule has 1 saturated heterocycles. The molecule has 1 aliphatic rings. The van der Waals surface area contributed by atoms with E-state index in [1.165, 1.54) is 0 Å². The Morgan fingerprint density at radius 2 is 1.83 bits per heavy atom. The highest BCUT2D eigenvalue weighted by molar-refractivity contribution is 6.18. The molecule has 0 bridgehead atoms. The Hall–Kier alpha value is -0.610. The summed E-state index contributed by atoms with van der Waals surface area (Å²) in [6, 6.07) is 10.1. The van der Waals surface area contributed by atoms with Crippen molar-refractivity contribution in [3.63, 3.8) is 0 Å². The summed E-state index contributed by atoms with van der Waals surface area (Å²) in [6.45, 7) is 4.86. The fourth-order valence-electron chi connectivity index (χ4n) is 2.05. The topological polar surface area (TPSA) is 27.7 Å². The maximum absolute atomic E-state index is 5.87. The molecular weight excluding hydrogens is 252 g/mol. The van der Waals surface area contributed by atoms with Gasteiger partial charge in [0.15, 0.2) is 5.79 Å². The zero-order chi connectivity index (χ0) is 13.0. The Labute approximate surface area is 113 Å². The average molecular weight is 271 g/mol. The van der Waals surface area contributed by atoms with Gasteiger partial charge in [-0.3, -0.25) is 0 Å². The van der Waals surface area contributed by atoms with Crippen molar-refractivity contribution in [3.05, 3.63) is 35.9 Å². The predicted octanol–water partition coefficient (Wildman–Crippen LogP) is 2.96. The normalized spacial score (nSPS) is 26.4. The minimum atomic E-state index is -0.569. The van der Waals surface area contributed by atoms with Crippen molar-refractivity contribution < 1.29 is 14.2 Å². The molecule has 3 nitrogen and oxygen atoms in total. The van der Waals surface area contributed by atoms with E-state index in [0.717, 1.165) is 5.56 Å². The first-order chi connectivity index (χ1) is 8.61. The molecule has 0 spiro atoms. The third kappa shape index (κ3) is 3.69. The van der Waals surface area contributed by atoms with Gasteiger partial charge in [0.2, 0.25) is 0 Å². The number of hydrogen-bond donors (Lipinski definition) is 0. The summed E-state index contributed by atoms with van der Waals surface area (Å²) >= 11 is 5.87. The number of benzene rings is 1. The van der Waals surface area contributed by atoms with Crippen LogP contribution in [-0.2, 0) is 20.8 Å². The smallest absolute Gasteiger partial charge is 0.163 e. The van der Waals surface area contributed by atoms with Crippen LogP contribution in [0.3, 0.4) is 0 Å². The van der Waals surface area contributed by atoms with Crippen LogP contribution in [0.2, 0.25) is 0 Å². The molecule has 1 aromatic rings. The van der Waals surface area contributed by atoms with Gasteiger partial charge in [0.25, 0.3) is 0 Å². The first kappa shape index (κ1) is 13.8. The van der Waals surface area contributed by atoms with Gasteiger partial charge < -0.3 is 14.2 Å². The third-order valence-electron chi connectivity index (χ3n) is 2.83. The Bertz CT molecular complexity index is 367. The lowest BCUT2D eigenvalue weighted by Crippen LogP contribution is -2.29. The lowest BCUT2D eigenvalue weighted by atomic mass is 10.2. The van der Waals surface area contributed by atoms with Crippen molar-refractivity contribution in [3.8, 4) is 0 Å². The van der Waals surface area contributed by atoms with Crippen molar-refractivity contribution in [2.75, 3.05) is 12.5 Å². The van der Waals surface area contributed by atoms with E-state index < -0.39 is 5.79 Å². The lowest BCUT2D eigenvalue weighted by Gasteiger charge is -2.16. The number of hydrogen-bond acceptors (Lipinski definition) is 3. The van der Waals surface area contributed by atoms with Crippen LogP contribution < -0.4 is 0 Å². The summed E-state index contributed by atoms with van der Waals surface area (Å²) in [4.78, 5) is 0. The van der Waals surface area contributed by atoms with Gasteiger partial charge in [-0.25, -0.2) is 0 Å². The highest BCUT2D eigenvalue weighted by atomic mass is 35.5. The number of rotatable bonds is 5. The van der Waals surface area contributed by atoms with E-state index in [1.54, 1.807) is 0 Å². The van der Waals surface area contributed by atoms with Crippen LogP contribution in [-0.4, -0.2) is 30.5 Å². The second-order valence-electron chi connectivity index (χ2n) is 4.87. The molecule has 1 heterocycles. The van der Waals surface area contributed by atoms with E-state index in [0.29, 0.717) is 19.1 Å².